The van der Waals surface area contributed by atoms with Gasteiger partial charge in [0.1, 0.15) is 5.82 Å². The predicted molar refractivity (Wildman–Crippen MR) is 66.5 cm³/mol. The van der Waals surface area contributed by atoms with Crippen LogP contribution in [0.3, 0.4) is 0 Å². The Kier molecular flexibility index (Phi) is 4.82. The van der Waals surface area contributed by atoms with Crippen molar-refractivity contribution in [3.05, 3.63) is 40.3 Å². The average molecular weight is 272 g/mol. The molecule has 0 amide bonds. The van der Waals surface area contributed by atoms with E-state index in [-0.39, 0.29) is 5.82 Å². The Balaban J connectivity index is 2.76. The van der Waals surface area contributed by atoms with Crippen LogP contribution in [0.25, 0.3) is 0 Å². The van der Waals surface area contributed by atoms with Gasteiger partial charge in [-0.25, -0.2) is 4.39 Å². The van der Waals surface area contributed by atoms with Gasteiger partial charge in [0.25, 0.3) is 0 Å². The quantitative estimate of drug-likeness (QED) is 0.843. The summed E-state index contributed by atoms with van der Waals surface area (Å²) in [4.78, 5) is 0. The Labute approximate surface area is 98.5 Å². The molecule has 0 saturated carbocycles. The van der Waals surface area contributed by atoms with E-state index in [1.165, 1.54) is 6.07 Å². The fourth-order valence-corrected chi connectivity index (χ4v) is 1.62. The van der Waals surface area contributed by atoms with Crippen LogP contribution in [0.4, 0.5) is 10.1 Å². The summed E-state index contributed by atoms with van der Waals surface area (Å²) in [6.45, 7) is 3.88. The van der Waals surface area contributed by atoms with Crippen molar-refractivity contribution in [1.82, 2.24) is 0 Å². The molecule has 3 heteroatoms. The van der Waals surface area contributed by atoms with Crippen LogP contribution >= 0.6 is 15.9 Å². The number of unbranched alkanes of at least 4 members (excludes halogenated alkanes) is 1. The van der Waals surface area contributed by atoms with Gasteiger partial charge in [0.15, 0.2) is 0 Å². The van der Waals surface area contributed by atoms with Crippen molar-refractivity contribution in [3.63, 3.8) is 0 Å². The largest absolute Gasteiger partial charge is 0.362 e. The van der Waals surface area contributed by atoms with Crippen molar-refractivity contribution in [1.29, 1.82) is 0 Å². The number of benzene rings is 1. The fourth-order valence-electron chi connectivity index (χ4n) is 1.19. The Morgan fingerprint density at radius 2 is 2.20 bits per heavy atom. The van der Waals surface area contributed by atoms with Gasteiger partial charge in [-0.05, 0) is 31.7 Å². The molecule has 1 aromatic carbocycles. The molecule has 15 heavy (non-hydrogen) atoms. The van der Waals surface area contributed by atoms with E-state index < -0.39 is 0 Å². The molecule has 1 aromatic rings. The molecule has 0 heterocycles. The van der Waals surface area contributed by atoms with Gasteiger partial charge in [-0.2, -0.15) is 0 Å². The average Bonchev–Trinajstić information content (AvgIpc) is 2.19. The number of hydrogen-bond donors (Lipinski definition) is 1. The van der Waals surface area contributed by atoms with E-state index in [0.717, 1.165) is 23.0 Å². The minimum absolute atomic E-state index is 0.198. The predicted octanol–water partition coefficient (Wildman–Crippen LogP) is 4.62. The number of allylic oxidation sites excluding steroid dienone is 1. The summed E-state index contributed by atoms with van der Waals surface area (Å²) in [5, 5.41) is 3.08. The maximum atomic E-state index is 13.3. The third kappa shape index (κ3) is 3.67. The Morgan fingerprint density at radius 3 is 2.87 bits per heavy atom. The van der Waals surface area contributed by atoms with Gasteiger partial charge in [0.2, 0.25) is 0 Å². The van der Waals surface area contributed by atoms with Gasteiger partial charge in [0.05, 0.1) is 0 Å². The molecule has 1 rings (SSSR count). The summed E-state index contributed by atoms with van der Waals surface area (Å²) in [6, 6.07) is 3.34. The second kappa shape index (κ2) is 5.91. The van der Waals surface area contributed by atoms with E-state index in [1.54, 1.807) is 6.92 Å². The first-order chi connectivity index (χ1) is 7.15. The Bertz CT molecular complexity index is 361. The second-order valence-corrected chi connectivity index (χ2v) is 4.31. The first-order valence-electron chi connectivity index (χ1n) is 5.02. The number of rotatable bonds is 4. The molecule has 0 aliphatic carbocycles. The van der Waals surface area contributed by atoms with Crippen LogP contribution < -0.4 is 5.32 Å². The van der Waals surface area contributed by atoms with Crippen molar-refractivity contribution in [2.45, 2.75) is 26.7 Å². The molecule has 0 bridgehead atoms. The topological polar surface area (TPSA) is 12.0 Å². The lowest BCUT2D eigenvalue weighted by molar-refractivity contribution is 0.618. The normalized spacial score (nSPS) is 10.9. The van der Waals surface area contributed by atoms with Crippen LogP contribution in [0.1, 0.15) is 25.3 Å². The molecular formula is C12H15BrFN. The lowest BCUT2D eigenvalue weighted by atomic mass is 10.2. The van der Waals surface area contributed by atoms with E-state index >= 15 is 0 Å². The maximum absolute atomic E-state index is 13.3. The lowest BCUT2D eigenvalue weighted by Crippen LogP contribution is -1.94. The van der Waals surface area contributed by atoms with Crippen molar-refractivity contribution in [2.24, 2.45) is 0 Å². The lowest BCUT2D eigenvalue weighted by Gasteiger charge is -2.07. The zero-order valence-corrected chi connectivity index (χ0v) is 10.6. The summed E-state index contributed by atoms with van der Waals surface area (Å²) < 4.78 is 14.1. The number of hydrogen-bond acceptors (Lipinski definition) is 1. The molecule has 0 spiro atoms. The van der Waals surface area contributed by atoms with Crippen LogP contribution in [0.2, 0.25) is 0 Å². The van der Waals surface area contributed by atoms with Crippen molar-refractivity contribution < 1.29 is 4.39 Å². The van der Waals surface area contributed by atoms with Crippen LogP contribution in [0.15, 0.2) is 28.9 Å². The molecule has 0 radical (unpaired) electrons. The number of halogens is 2. The van der Waals surface area contributed by atoms with E-state index in [9.17, 15) is 4.39 Å². The summed E-state index contributed by atoms with van der Waals surface area (Å²) >= 11 is 3.27. The molecule has 1 nitrogen and oxygen atoms in total. The van der Waals surface area contributed by atoms with E-state index in [0.29, 0.717) is 5.56 Å². The molecule has 0 aromatic heterocycles. The highest BCUT2D eigenvalue weighted by Crippen LogP contribution is 2.23. The molecule has 0 unspecified atom stereocenters. The molecule has 0 aliphatic heterocycles. The van der Waals surface area contributed by atoms with E-state index in [4.69, 9.17) is 0 Å². The monoisotopic (exact) mass is 271 g/mol. The van der Waals surface area contributed by atoms with Gasteiger partial charge in [-0.15, -0.1) is 0 Å². The van der Waals surface area contributed by atoms with Crippen molar-refractivity contribution in [3.8, 4) is 0 Å². The molecule has 1 N–H and O–H groups in total. The minimum Gasteiger partial charge on any atom is -0.362 e. The fraction of sp³-hybridized carbons (Fsp3) is 0.333. The SMILES string of the molecule is CCC/C=C/Nc1cc(Br)cc(F)c1C. The number of nitrogens with one attached hydrogen (secondary N) is 1. The highest BCUT2D eigenvalue weighted by molar-refractivity contribution is 9.10. The molecular weight excluding hydrogens is 257 g/mol. The standard InChI is InChI=1S/C12H15BrFN/c1-3-4-5-6-15-12-8-10(13)7-11(14)9(12)2/h5-8,15H,3-4H2,1-2H3/b6-5+. The molecule has 0 aliphatic rings. The second-order valence-electron chi connectivity index (χ2n) is 3.40. The molecule has 0 saturated heterocycles. The van der Waals surface area contributed by atoms with Crippen LogP contribution in [0, 0.1) is 12.7 Å². The van der Waals surface area contributed by atoms with Crippen molar-refractivity contribution >= 4 is 21.6 Å². The molecule has 0 atom stereocenters. The smallest absolute Gasteiger partial charge is 0.129 e. The third-order valence-electron chi connectivity index (χ3n) is 2.12. The summed E-state index contributed by atoms with van der Waals surface area (Å²) in [7, 11) is 0. The summed E-state index contributed by atoms with van der Waals surface area (Å²) in [5.74, 6) is -0.198. The first-order valence-corrected chi connectivity index (χ1v) is 5.81. The van der Waals surface area contributed by atoms with Crippen LogP contribution in [-0.2, 0) is 0 Å². The number of anilines is 1. The van der Waals surface area contributed by atoms with Gasteiger partial charge in [0, 0.05) is 15.7 Å². The maximum Gasteiger partial charge on any atom is 0.129 e. The van der Waals surface area contributed by atoms with Gasteiger partial charge in [-0.1, -0.05) is 35.4 Å². The highest BCUT2D eigenvalue weighted by Gasteiger charge is 2.04. The highest BCUT2D eigenvalue weighted by atomic mass is 79.9. The van der Waals surface area contributed by atoms with Crippen LogP contribution in [0.5, 0.6) is 0 Å². The molecule has 82 valence electrons. The Morgan fingerprint density at radius 1 is 1.47 bits per heavy atom. The molecule has 0 fully saturated rings. The van der Waals surface area contributed by atoms with Gasteiger partial charge in [-0.3, -0.25) is 0 Å². The van der Waals surface area contributed by atoms with Gasteiger partial charge >= 0.3 is 0 Å². The first kappa shape index (κ1) is 12.2. The zero-order chi connectivity index (χ0) is 11.3. The summed E-state index contributed by atoms with van der Waals surface area (Å²) in [6.07, 6.45) is 6.04. The van der Waals surface area contributed by atoms with E-state index in [2.05, 4.69) is 28.2 Å². The Hall–Kier alpha value is -0.830. The van der Waals surface area contributed by atoms with Crippen LogP contribution in [-0.4, -0.2) is 0 Å². The summed E-state index contributed by atoms with van der Waals surface area (Å²) in [5.41, 5.74) is 1.44. The van der Waals surface area contributed by atoms with E-state index in [1.807, 2.05) is 18.3 Å². The van der Waals surface area contributed by atoms with Crippen molar-refractivity contribution in [2.75, 3.05) is 5.32 Å². The third-order valence-corrected chi connectivity index (χ3v) is 2.58. The van der Waals surface area contributed by atoms with Gasteiger partial charge < -0.3 is 5.32 Å². The zero-order valence-electron chi connectivity index (χ0n) is 8.98. The minimum atomic E-state index is -0.198.